The summed E-state index contributed by atoms with van der Waals surface area (Å²) < 4.78 is 4.26. The summed E-state index contributed by atoms with van der Waals surface area (Å²) in [5.74, 6) is -0.218. The minimum absolute atomic E-state index is 0.128. The van der Waals surface area contributed by atoms with Gasteiger partial charge in [0.25, 0.3) is 0 Å². The number of anilines is 1. The number of carbonyl (C=O) groups excluding carboxylic acids is 2. The lowest BCUT2D eigenvalue weighted by molar-refractivity contribution is -0.145. The van der Waals surface area contributed by atoms with E-state index in [0.717, 1.165) is 11.3 Å². The maximum Gasteiger partial charge on any atom is 0.321 e. The number of rotatable bonds is 6. The highest BCUT2D eigenvalue weighted by Crippen LogP contribution is 2.26. The molecule has 0 saturated heterocycles. The average molecular weight is 295 g/mol. The van der Waals surface area contributed by atoms with E-state index in [1.807, 2.05) is 31.2 Å². The first-order valence-electron chi connectivity index (χ1n) is 6.53. The molecule has 0 bridgehead atoms. The lowest BCUT2D eigenvalue weighted by atomic mass is 10.2. The standard InChI is InChI=1S/C15H21NO3S/c1-5-19-14(18)15(3,4)20-10-13(17)16-12-8-6-11(2)7-9-12/h6-9H,5,10H2,1-4H3,(H,16,17). The van der Waals surface area contributed by atoms with Gasteiger partial charge in [-0.3, -0.25) is 9.59 Å². The van der Waals surface area contributed by atoms with Gasteiger partial charge >= 0.3 is 5.97 Å². The molecule has 0 radical (unpaired) electrons. The van der Waals surface area contributed by atoms with E-state index in [2.05, 4.69) is 5.32 Å². The molecule has 0 heterocycles. The molecule has 0 aromatic heterocycles. The van der Waals surface area contributed by atoms with Gasteiger partial charge in [-0.05, 0) is 39.8 Å². The number of amides is 1. The minimum atomic E-state index is -0.722. The average Bonchev–Trinajstić information content (AvgIpc) is 2.39. The molecular weight excluding hydrogens is 274 g/mol. The Hall–Kier alpha value is -1.49. The fraction of sp³-hybridized carbons (Fsp3) is 0.467. The molecule has 0 atom stereocenters. The summed E-state index contributed by atoms with van der Waals surface area (Å²) in [6.07, 6.45) is 0. The molecule has 1 amide bonds. The molecule has 1 aromatic carbocycles. The van der Waals surface area contributed by atoms with Crippen LogP contribution in [0.1, 0.15) is 26.3 Å². The number of thioether (sulfide) groups is 1. The predicted molar refractivity (Wildman–Crippen MR) is 83.0 cm³/mol. The van der Waals surface area contributed by atoms with Gasteiger partial charge in [0.15, 0.2) is 0 Å². The Balaban J connectivity index is 2.47. The molecule has 5 heteroatoms. The van der Waals surface area contributed by atoms with Crippen LogP contribution in [0.15, 0.2) is 24.3 Å². The third-order valence-electron chi connectivity index (χ3n) is 2.67. The Morgan fingerprint density at radius 1 is 1.25 bits per heavy atom. The van der Waals surface area contributed by atoms with Crippen molar-refractivity contribution >= 4 is 29.3 Å². The molecular formula is C15H21NO3S. The van der Waals surface area contributed by atoms with Crippen molar-refractivity contribution in [3.8, 4) is 0 Å². The predicted octanol–water partition coefficient (Wildman–Crippen LogP) is 3.01. The van der Waals surface area contributed by atoms with Crippen molar-refractivity contribution in [3.05, 3.63) is 29.8 Å². The first-order chi connectivity index (χ1) is 9.35. The zero-order valence-electron chi connectivity index (χ0n) is 12.4. The fourth-order valence-corrected chi connectivity index (χ4v) is 2.18. The highest BCUT2D eigenvalue weighted by molar-refractivity contribution is 8.02. The fourth-order valence-electron chi connectivity index (χ4n) is 1.44. The lowest BCUT2D eigenvalue weighted by Gasteiger charge is -2.21. The molecule has 0 aliphatic rings. The van der Waals surface area contributed by atoms with Crippen LogP contribution >= 0.6 is 11.8 Å². The van der Waals surface area contributed by atoms with Crippen LogP contribution in [0.4, 0.5) is 5.69 Å². The minimum Gasteiger partial charge on any atom is -0.465 e. The zero-order chi connectivity index (χ0) is 15.2. The summed E-state index contributed by atoms with van der Waals surface area (Å²) in [6, 6.07) is 7.58. The van der Waals surface area contributed by atoms with Crippen molar-refractivity contribution in [1.82, 2.24) is 0 Å². The van der Waals surface area contributed by atoms with Gasteiger partial charge in [-0.15, -0.1) is 11.8 Å². The highest BCUT2D eigenvalue weighted by Gasteiger charge is 2.30. The third-order valence-corrected chi connectivity index (χ3v) is 3.96. The normalized spacial score (nSPS) is 11.0. The third kappa shape index (κ3) is 5.25. The van der Waals surface area contributed by atoms with Crippen molar-refractivity contribution in [2.45, 2.75) is 32.4 Å². The largest absolute Gasteiger partial charge is 0.465 e. The Bertz CT molecular complexity index is 469. The van der Waals surface area contributed by atoms with Gasteiger partial charge in [0.2, 0.25) is 5.91 Å². The van der Waals surface area contributed by atoms with Gasteiger partial charge in [0, 0.05) is 5.69 Å². The Kier molecular flexibility index (Phi) is 6.07. The van der Waals surface area contributed by atoms with Gasteiger partial charge in [-0.25, -0.2) is 0 Å². The number of hydrogen-bond acceptors (Lipinski definition) is 4. The van der Waals surface area contributed by atoms with Gasteiger partial charge in [0.05, 0.1) is 12.4 Å². The summed E-state index contributed by atoms with van der Waals surface area (Å²) in [4.78, 5) is 23.5. The first kappa shape index (κ1) is 16.6. The SMILES string of the molecule is CCOC(=O)C(C)(C)SCC(=O)Nc1ccc(C)cc1. The summed E-state index contributed by atoms with van der Waals surface area (Å²) in [5, 5.41) is 2.80. The molecule has 0 fully saturated rings. The molecule has 0 unspecified atom stereocenters. The molecule has 20 heavy (non-hydrogen) atoms. The first-order valence-corrected chi connectivity index (χ1v) is 7.51. The van der Waals surface area contributed by atoms with E-state index in [1.165, 1.54) is 11.8 Å². The number of esters is 1. The van der Waals surface area contributed by atoms with Gasteiger partial charge in [-0.2, -0.15) is 0 Å². The van der Waals surface area contributed by atoms with E-state index >= 15 is 0 Å². The molecule has 4 nitrogen and oxygen atoms in total. The van der Waals surface area contributed by atoms with E-state index < -0.39 is 4.75 Å². The van der Waals surface area contributed by atoms with Gasteiger partial charge in [0.1, 0.15) is 4.75 Å². The molecule has 0 saturated carbocycles. The Morgan fingerprint density at radius 3 is 2.40 bits per heavy atom. The van der Waals surface area contributed by atoms with Crippen LogP contribution in [-0.2, 0) is 14.3 Å². The number of ether oxygens (including phenoxy) is 1. The van der Waals surface area contributed by atoms with Crippen molar-refractivity contribution in [3.63, 3.8) is 0 Å². The molecule has 1 rings (SSSR count). The molecule has 0 aliphatic carbocycles. The van der Waals surface area contributed by atoms with E-state index in [0.29, 0.717) is 6.61 Å². The van der Waals surface area contributed by atoms with Crippen LogP contribution in [-0.4, -0.2) is 29.0 Å². The topological polar surface area (TPSA) is 55.4 Å². The quantitative estimate of drug-likeness (QED) is 0.820. The van der Waals surface area contributed by atoms with Crippen molar-refractivity contribution in [1.29, 1.82) is 0 Å². The molecule has 1 aromatic rings. The molecule has 0 spiro atoms. The monoisotopic (exact) mass is 295 g/mol. The number of hydrogen-bond donors (Lipinski definition) is 1. The Labute approximate surface area is 124 Å². The maximum absolute atomic E-state index is 11.8. The van der Waals surface area contributed by atoms with E-state index in [1.54, 1.807) is 20.8 Å². The number of benzene rings is 1. The smallest absolute Gasteiger partial charge is 0.321 e. The summed E-state index contributed by atoms with van der Waals surface area (Å²) in [6.45, 7) is 7.62. The maximum atomic E-state index is 11.8. The number of carbonyl (C=O) groups is 2. The number of nitrogens with one attached hydrogen (secondary N) is 1. The summed E-state index contributed by atoms with van der Waals surface area (Å²) >= 11 is 1.27. The van der Waals surface area contributed by atoms with Crippen molar-refractivity contribution in [2.24, 2.45) is 0 Å². The van der Waals surface area contributed by atoms with E-state index in [9.17, 15) is 9.59 Å². The van der Waals surface area contributed by atoms with Gasteiger partial charge < -0.3 is 10.1 Å². The molecule has 0 aliphatic heterocycles. The number of aryl methyl sites for hydroxylation is 1. The summed E-state index contributed by atoms with van der Waals surface area (Å²) in [7, 11) is 0. The summed E-state index contributed by atoms with van der Waals surface area (Å²) in [5.41, 5.74) is 1.90. The lowest BCUT2D eigenvalue weighted by Crippen LogP contribution is -2.32. The second kappa shape index (κ2) is 7.33. The van der Waals surface area contributed by atoms with E-state index in [4.69, 9.17) is 4.74 Å². The van der Waals surface area contributed by atoms with Gasteiger partial charge in [-0.1, -0.05) is 17.7 Å². The van der Waals surface area contributed by atoms with Crippen LogP contribution in [0.3, 0.4) is 0 Å². The zero-order valence-corrected chi connectivity index (χ0v) is 13.2. The van der Waals surface area contributed by atoms with Crippen LogP contribution in [0.5, 0.6) is 0 Å². The second-order valence-electron chi connectivity index (χ2n) is 4.93. The molecule has 110 valence electrons. The van der Waals surface area contributed by atoms with Crippen LogP contribution < -0.4 is 5.32 Å². The van der Waals surface area contributed by atoms with E-state index in [-0.39, 0.29) is 17.6 Å². The highest BCUT2D eigenvalue weighted by atomic mass is 32.2. The second-order valence-corrected chi connectivity index (χ2v) is 6.53. The molecule has 1 N–H and O–H groups in total. The Morgan fingerprint density at radius 2 is 1.85 bits per heavy atom. The van der Waals surface area contributed by atoms with Crippen LogP contribution in [0.25, 0.3) is 0 Å². The van der Waals surface area contributed by atoms with Crippen molar-refractivity contribution in [2.75, 3.05) is 17.7 Å². The van der Waals surface area contributed by atoms with Crippen LogP contribution in [0, 0.1) is 6.92 Å². The van der Waals surface area contributed by atoms with Crippen molar-refractivity contribution < 1.29 is 14.3 Å². The van der Waals surface area contributed by atoms with Crippen LogP contribution in [0.2, 0.25) is 0 Å².